The minimum absolute atomic E-state index is 0.0988. The molecule has 0 radical (unpaired) electrons. The molecule has 0 aromatic heterocycles. The molecule has 2 N–H and O–H groups in total. The van der Waals surface area contributed by atoms with Gasteiger partial charge in [0.1, 0.15) is 14.1 Å². The SMILES string of the molecule is CC(C)(C)[Si](C)(C)C#CC[C@@H](NC(=O)c1cccc(Br)c1)C(=O)O. The van der Waals surface area contributed by atoms with Crippen molar-refractivity contribution in [3.8, 4) is 11.5 Å². The molecule has 0 fully saturated rings. The predicted molar refractivity (Wildman–Crippen MR) is 103 cm³/mol. The molecule has 0 spiro atoms. The van der Waals surface area contributed by atoms with E-state index in [0.29, 0.717) is 5.56 Å². The van der Waals surface area contributed by atoms with E-state index in [1.807, 2.05) is 0 Å². The van der Waals surface area contributed by atoms with Gasteiger partial charge in [-0.25, -0.2) is 4.79 Å². The first-order chi connectivity index (χ1) is 10.9. The Labute approximate surface area is 153 Å². The van der Waals surface area contributed by atoms with Gasteiger partial charge in [-0.1, -0.05) is 55.9 Å². The van der Waals surface area contributed by atoms with Crippen LogP contribution in [0.5, 0.6) is 0 Å². The van der Waals surface area contributed by atoms with E-state index in [1.165, 1.54) is 0 Å². The number of aliphatic carboxylic acids is 1. The highest BCUT2D eigenvalue weighted by atomic mass is 79.9. The molecule has 6 heteroatoms. The fraction of sp³-hybridized carbons (Fsp3) is 0.444. The molecular formula is C18H24BrNO3Si. The van der Waals surface area contributed by atoms with Crippen molar-refractivity contribution in [2.45, 2.75) is 51.4 Å². The van der Waals surface area contributed by atoms with Crippen molar-refractivity contribution >= 4 is 35.9 Å². The molecular weight excluding hydrogens is 386 g/mol. The lowest BCUT2D eigenvalue weighted by atomic mass is 10.1. The molecule has 1 atom stereocenters. The zero-order chi connectivity index (χ0) is 18.5. The van der Waals surface area contributed by atoms with E-state index in [4.69, 9.17) is 0 Å². The van der Waals surface area contributed by atoms with Crippen LogP contribution in [0.3, 0.4) is 0 Å². The molecule has 0 aliphatic heterocycles. The molecule has 1 amide bonds. The number of hydrogen-bond donors (Lipinski definition) is 2. The molecule has 0 unspecified atom stereocenters. The lowest BCUT2D eigenvalue weighted by Gasteiger charge is -2.31. The maximum Gasteiger partial charge on any atom is 0.327 e. The molecule has 0 heterocycles. The maximum absolute atomic E-state index is 12.2. The van der Waals surface area contributed by atoms with E-state index < -0.39 is 26.0 Å². The van der Waals surface area contributed by atoms with Crippen molar-refractivity contribution < 1.29 is 14.7 Å². The second-order valence-corrected chi connectivity index (χ2v) is 13.2. The van der Waals surface area contributed by atoms with Crippen LogP contribution in [-0.2, 0) is 4.79 Å². The average Bonchev–Trinajstić information content (AvgIpc) is 2.44. The number of hydrogen-bond acceptors (Lipinski definition) is 2. The third-order valence-electron chi connectivity index (χ3n) is 4.27. The Morgan fingerprint density at radius 2 is 1.96 bits per heavy atom. The van der Waals surface area contributed by atoms with Gasteiger partial charge in [0.05, 0.1) is 0 Å². The lowest BCUT2D eigenvalue weighted by molar-refractivity contribution is -0.139. The summed E-state index contributed by atoms with van der Waals surface area (Å²) in [5.41, 5.74) is 3.68. The molecule has 0 saturated carbocycles. The van der Waals surface area contributed by atoms with Crippen LogP contribution in [0.15, 0.2) is 28.7 Å². The maximum atomic E-state index is 12.2. The van der Waals surface area contributed by atoms with Gasteiger partial charge in [-0.3, -0.25) is 4.79 Å². The van der Waals surface area contributed by atoms with Crippen LogP contribution in [0.1, 0.15) is 37.6 Å². The fourth-order valence-corrected chi connectivity index (χ4v) is 2.95. The Bertz CT molecular complexity index is 683. The van der Waals surface area contributed by atoms with Crippen LogP contribution in [0.25, 0.3) is 0 Å². The summed E-state index contributed by atoms with van der Waals surface area (Å²) in [5, 5.41) is 12.0. The number of nitrogens with one attached hydrogen (secondary N) is 1. The topological polar surface area (TPSA) is 66.4 Å². The molecule has 0 aliphatic rings. The molecule has 1 aromatic rings. The van der Waals surface area contributed by atoms with Crippen LogP contribution in [0, 0.1) is 11.5 Å². The number of carbonyl (C=O) groups is 2. The molecule has 4 nitrogen and oxygen atoms in total. The molecule has 24 heavy (non-hydrogen) atoms. The summed E-state index contributed by atoms with van der Waals surface area (Å²) >= 11 is 3.29. The van der Waals surface area contributed by atoms with Crippen molar-refractivity contribution in [1.29, 1.82) is 0 Å². The summed E-state index contributed by atoms with van der Waals surface area (Å²) in [4.78, 5) is 23.6. The molecule has 1 rings (SSSR count). The number of halogens is 1. The Morgan fingerprint density at radius 1 is 1.33 bits per heavy atom. The Balaban J connectivity index is 2.83. The van der Waals surface area contributed by atoms with Gasteiger partial charge in [0.15, 0.2) is 0 Å². The first-order valence-corrected chi connectivity index (χ1v) is 11.5. The van der Waals surface area contributed by atoms with Crippen LogP contribution >= 0.6 is 15.9 Å². The summed E-state index contributed by atoms with van der Waals surface area (Å²) in [6.45, 7) is 10.8. The molecule has 0 bridgehead atoms. The monoisotopic (exact) mass is 409 g/mol. The summed E-state index contributed by atoms with van der Waals surface area (Å²) in [6.07, 6.45) is 0.0988. The highest BCUT2D eigenvalue weighted by Gasteiger charge is 2.33. The average molecular weight is 410 g/mol. The van der Waals surface area contributed by atoms with Crippen molar-refractivity contribution in [3.05, 3.63) is 34.3 Å². The first-order valence-electron chi connectivity index (χ1n) is 7.73. The summed E-state index contributed by atoms with van der Waals surface area (Å²) in [7, 11) is -1.79. The van der Waals surface area contributed by atoms with Crippen LogP contribution in [0.2, 0.25) is 18.1 Å². The largest absolute Gasteiger partial charge is 0.480 e. The molecule has 130 valence electrons. The van der Waals surface area contributed by atoms with Gasteiger partial charge >= 0.3 is 5.97 Å². The van der Waals surface area contributed by atoms with Crippen molar-refractivity contribution in [3.63, 3.8) is 0 Å². The lowest BCUT2D eigenvalue weighted by Crippen LogP contribution is -2.41. The van der Waals surface area contributed by atoms with Gasteiger partial charge < -0.3 is 10.4 Å². The van der Waals surface area contributed by atoms with Gasteiger partial charge in [0.2, 0.25) is 0 Å². The van der Waals surface area contributed by atoms with Crippen LogP contribution < -0.4 is 5.32 Å². The van der Waals surface area contributed by atoms with Gasteiger partial charge in [0, 0.05) is 16.5 Å². The minimum atomic E-state index is -1.79. The van der Waals surface area contributed by atoms with Crippen molar-refractivity contribution in [1.82, 2.24) is 5.32 Å². The second kappa shape index (κ2) is 7.99. The summed E-state index contributed by atoms with van der Waals surface area (Å²) < 4.78 is 0.764. The number of amides is 1. The number of carboxylic acids is 1. The zero-order valence-corrected chi connectivity index (χ0v) is 17.3. The van der Waals surface area contributed by atoms with E-state index in [2.05, 4.69) is 66.6 Å². The third kappa shape index (κ3) is 5.80. The molecule has 1 aromatic carbocycles. The second-order valence-electron chi connectivity index (χ2n) is 7.26. The van der Waals surface area contributed by atoms with Gasteiger partial charge in [0.25, 0.3) is 5.91 Å². The van der Waals surface area contributed by atoms with Gasteiger partial charge in [-0.2, -0.15) is 0 Å². The van der Waals surface area contributed by atoms with E-state index in [1.54, 1.807) is 24.3 Å². The smallest absolute Gasteiger partial charge is 0.327 e. The third-order valence-corrected chi connectivity index (χ3v) is 9.32. The fourth-order valence-electron chi connectivity index (χ4n) is 1.63. The van der Waals surface area contributed by atoms with E-state index in [9.17, 15) is 14.7 Å². The van der Waals surface area contributed by atoms with E-state index in [0.717, 1.165) is 4.47 Å². The Hall–Kier alpha value is -1.58. The normalized spacial score (nSPS) is 12.8. The van der Waals surface area contributed by atoms with Crippen LogP contribution in [0.4, 0.5) is 0 Å². The first kappa shape index (κ1) is 20.5. The summed E-state index contributed by atoms with van der Waals surface area (Å²) in [6, 6.07) is 5.80. The Morgan fingerprint density at radius 3 is 2.46 bits per heavy atom. The zero-order valence-electron chi connectivity index (χ0n) is 14.7. The number of carboxylic acid groups (broad SMARTS) is 1. The van der Waals surface area contributed by atoms with Crippen molar-refractivity contribution in [2.24, 2.45) is 0 Å². The van der Waals surface area contributed by atoms with Crippen molar-refractivity contribution in [2.75, 3.05) is 0 Å². The summed E-state index contributed by atoms with van der Waals surface area (Å²) in [5.74, 6) is 1.49. The molecule has 0 saturated heterocycles. The predicted octanol–water partition coefficient (Wildman–Crippen LogP) is 4.07. The number of carbonyl (C=O) groups excluding carboxylic acids is 1. The quantitative estimate of drug-likeness (QED) is 0.581. The van der Waals surface area contributed by atoms with E-state index >= 15 is 0 Å². The van der Waals surface area contributed by atoms with E-state index in [-0.39, 0.29) is 11.5 Å². The molecule has 0 aliphatic carbocycles. The number of benzene rings is 1. The minimum Gasteiger partial charge on any atom is -0.480 e. The Kier molecular flexibility index (Phi) is 6.82. The van der Waals surface area contributed by atoms with Crippen LogP contribution in [-0.4, -0.2) is 31.1 Å². The standard InChI is InChI=1S/C18H24BrNO3Si/c1-18(2,3)24(4,5)11-7-10-15(17(22)23)20-16(21)13-8-6-9-14(19)12-13/h6,8-9,12,15H,10H2,1-5H3,(H,20,21)(H,22,23)/t15-/m1/s1. The highest BCUT2D eigenvalue weighted by Crippen LogP contribution is 2.35. The van der Waals surface area contributed by atoms with Gasteiger partial charge in [-0.15, -0.1) is 11.5 Å². The highest BCUT2D eigenvalue weighted by molar-refractivity contribution is 9.10. The van der Waals surface area contributed by atoms with Gasteiger partial charge in [-0.05, 0) is 23.2 Å². The number of rotatable bonds is 4.